The summed E-state index contributed by atoms with van der Waals surface area (Å²) in [5.41, 5.74) is 3.85. The molecule has 3 aliphatic rings. The van der Waals surface area contributed by atoms with E-state index in [0.717, 1.165) is 5.69 Å². The van der Waals surface area contributed by atoms with Gasteiger partial charge < -0.3 is 31.1 Å². The Hall–Kier alpha value is -3.37. The van der Waals surface area contributed by atoms with Crippen molar-refractivity contribution in [3.8, 4) is 5.75 Å². The smallest absolute Gasteiger partial charge is 0.255 e. The van der Waals surface area contributed by atoms with Crippen molar-refractivity contribution in [1.82, 2.24) is 4.90 Å². The molecular weight excluding hydrogens is 454 g/mol. The van der Waals surface area contributed by atoms with Crippen LogP contribution in [0.25, 0.3) is 5.76 Å². The lowest BCUT2D eigenvalue weighted by Crippen LogP contribution is -2.65. The number of ketones is 2. The number of aliphatic hydroxyl groups excluding tert-OH is 2. The van der Waals surface area contributed by atoms with Gasteiger partial charge in [-0.15, -0.1) is 0 Å². The maximum absolute atomic E-state index is 13.8. The van der Waals surface area contributed by atoms with E-state index >= 15 is 0 Å². The Labute approximate surface area is 202 Å². The summed E-state index contributed by atoms with van der Waals surface area (Å²) in [5, 5.41) is 44.8. The number of Topliss-reactive ketones (excluding diaryl/α,β-unsaturated/α-hetero) is 2. The van der Waals surface area contributed by atoms with Crippen LogP contribution >= 0.6 is 0 Å². The molecular formula is C25H31N3O7. The van der Waals surface area contributed by atoms with E-state index in [9.17, 15) is 34.8 Å². The van der Waals surface area contributed by atoms with Gasteiger partial charge in [0.15, 0.2) is 11.4 Å². The topological polar surface area (TPSA) is 165 Å². The van der Waals surface area contributed by atoms with E-state index in [2.05, 4.69) is 0 Å². The fourth-order valence-electron chi connectivity index (χ4n) is 6.01. The van der Waals surface area contributed by atoms with E-state index in [1.165, 1.54) is 4.90 Å². The summed E-state index contributed by atoms with van der Waals surface area (Å²) in [7, 11) is 6.82. The molecule has 6 N–H and O–H groups in total. The highest BCUT2D eigenvalue weighted by atomic mass is 16.3. The van der Waals surface area contributed by atoms with Gasteiger partial charge in [0.2, 0.25) is 5.78 Å². The molecule has 188 valence electrons. The Bertz CT molecular complexity index is 1230. The Morgan fingerprint density at radius 1 is 1.17 bits per heavy atom. The fraction of sp³-hybridized carbons (Fsp3) is 0.480. The summed E-state index contributed by atoms with van der Waals surface area (Å²) in [6.07, 6.45) is 0.804. The van der Waals surface area contributed by atoms with Crippen LogP contribution < -0.4 is 10.6 Å². The van der Waals surface area contributed by atoms with Crippen molar-refractivity contribution < 1.29 is 34.8 Å². The molecule has 0 heterocycles. The molecule has 0 radical (unpaired) electrons. The van der Waals surface area contributed by atoms with E-state index in [1.807, 2.05) is 32.0 Å². The molecule has 3 aliphatic carbocycles. The number of benzene rings is 1. The predicted molar refractivity (Wildman–Crippen MR) is 128 cm³/mol. The second kappa shape index (κ2) is 8.10. The second-order valence-electron chi connectivity index (χ2n) is 9.97. The van der Waals surface area contributed by atoms with Crippen LogP contribution in [-0.4, -0.2) is 82.6 Å². The number of nitrogens with zero attached hydrogens (tertiary/aromatic N) is 2. The van der Waals surface area contributed by atoms with Crippen LogP contribution in [-0.2, 0) is 27.2 Å². The third kappa shape index (κ3) is 3.20. The highest BCUT2D eigenvalue weighted by Gasteiger charge is 2.64. The van der Waals surface area contributed by atoms with Gasteiger partial charge in [0.05, 0.1) is 11.6 Å². The quantitative estimate of drug-likeness (QED) is 0.384. The molecule has 1 aromatic carbocycles. The molecule has 0 spiro atoms. The number of hydrogen-bond acceptors (Lipinski definition) is 9. The minimum Gasteiger partial charge on any atom is -0.508 e. The molecule has 1 fully saturated rings. The van der Waals surface area contributed by atoms with Gasteiger partial charge >= 0.3 is 0 Å². The van der Waals surface area contributed by atoms with Crippen molar-refractivity contribution in [1.29, 1.82) is 0 Å². The van der Waals surface area contributed by atoms with Crippen molar-refractivity contribution in [3.05, 3.63) is 39.7 Å². The van der Waals surface area contributed by atoms with Crippen LogP contribution in [0.1, 0.15) is 30.0 Å². The fourth-order valence-corrected chi connectivity index (χ4v) is 6.01. The number of likely N-dealkylation sites (N-methyl/N-ethyl adjacent to an activating group) is 1. The van der Waals surface area contributed by atoms with Crippen molar-refractivity contribution >= 4 is 28.9 Å². The molecule has 35 heavy (non-hydrogen) atoms. The molecule has 1 saturated carbocycles. The zero-order chi connectivity index (χ0) is 26.1. The van der Waals surface area contributed by atoms with E-state index in [1.54, 1.807) is 14.1 Å². The number of carbonyl (C=O) groups excluding carboxylic acids is 3. The Morgan fingerprint density at radius 3 is 2.31 bits per heavy atom. The summed E-state index contributed by atoms with van der Waals surface area (Å²) in [5.74, 6) is -6.43. The molecule has 4 rings (SSSR count). The highest BCUT2D eigenvalue weighted by Crippen LogP contribution is 2.54. The van der Waals surface area contributed by atoms with Gasteiger partial charge in [-0.2, -0.15) is 0 Å². The Morgan fingerprint density at radius 2 is 1.80 bits per heavy atom. The minimum absolute atomic E-state index is 0.0644. The Balaban J connectivity index is 2.01. The van der Waals surface area contributed by atoms with Crippen molar-refractivity contribution in [2.24, 2.45) is 17.6 Å². The number of primary amides is 1. The monoisotopic (exact) mass is 485 g/mol. The highest BCUT2D eigenvalue weighted by molar-refractivity contribution is 6.24. The molecule has 1 amide bonds. The van der Waals surface area contributed by atoms with Gasteiger partial charge in [-0.1, -0.05) is 6.92 Å². The summed E-state index contributed by atoms with van der Waals surface area (Å²) in [6, 6.07) is 0.741. The van der Waals surface area contributed by atoms with Crippen LogP contribution in [0.15, 0.2) is 23.0 Å². The number of anilines is 1. The maximum atomic E-state index is 13.8. The van der Waals surface area contributed by atoms with Gasteiger partial charge in [0, 0.05) is 31.3 Å². The molecule has 0 aliphatic heterocycles. The molecule has 0 aromatic heterocycles. The largest absolute Gasteiger partial charge is 0.508 e. The average molecular weight is 486 g/mol. The number of nitrogens with two attached hydrogens (primary N) is 1. The van der Waals surface area contributed by atoms with Crippen LogP contribution in [0.5, 0.6) is 5.75 Å². The van der Waals surface area contributed by atoms with Crippen molar-refractivity contribution in [2.75, 3.05) is 33.1 Å². The zero-order valence-corrected chi connectivity index (χ0v) is 20.4. The summed E-state index contributed by atoms with van der Waals surface area (Å²) in [4.78, 5) is 42.3. The molecule has 4 atom stereocenters. The number of amides is 1. The number of carbonyl (C=O) groups is 3. The number of phenols is 1. The normalized spacial score (nSPS) is 28.1. The van der Waals surface area contributed by atoms with E-state index < -0.39 is 58.0 Å². The first-order chi connectivity index (χ1) is 16.3. The molecule has 10 heteroatoms. The van der Waals surface area contributed by atoms with Gasteiger partial charge in [-0.3, -0.25) is 19.3 Å². The Kier molecular flexibility index (Phi) is 5.72. The van der Waals surface area contributed by atoms with Crippen LogP contribution in [0.2, 0.25) is 0 Å². The van der Waals surface area contributed by atoms with Crippen molar-refractivity contribution in [3.63, 3.8) is 0 Å². The lowest BCUT2D eigenvalue weighted by atomic mass is 9.57. The number of rotatable bonds is 4. The summed E-state index contributed by atoms with van der Waals surface area (Å²) in [6.45, 7) is 1.85. The van der Waals surface area contributed by atoms with Crippen molar-refractivity contribution in [2.45, 2.75) is 37.8 Å². The average Bonchev–Trinajstić information content (AvgIpc) is 2.75. The van der Waals surface area contributed by atoms with Gasteiger partial charge in [-0.05, 0) is 56.5 Å². The lowest BCUT2D eigenvalue weighted by molar-refractivity contribution is -0.153. The predicted octanol–water partition coefficient (Wildman–Crippen LogP) is 0.592. The SMILES string of the molecule is CCc1cc(N(C)C)c2c(c1O)C(O)=C1C(=O)C3(O)C(O)=C(C(N)=O)C(=O)C(N(C)C)C3CC1C2. The third-order valence-electron chi connectivity index (χ3n) is 7.64. The van der Waals surface area contributed by atoms with E-state index in [4.69, 9.17) is 5.73 Å². The third-order valence-corrected chi connectivity index (χ3v) is 7.64. The molecule has 0 saturated heterocycles. The number of aromatic hydroxyl groups is 1. The number of phenolic OH excluding ortho intramolecular Hbond substituents is 1. The molecule has 10 nitrogen and oxygen atoms in total. The number of aryl methyl sites for hydroxylation is 1. The van der Waals surface area contributed by atoms with Gasteiger partial charge in [0.1, 0.15) is 22.8 Å². The maximum Gasteiger partial charge on any atom is 0.255 e. The first-order valence-corrected chi connectivity index (χ1v) is 11.5. The van der Waals surface area contributed by atoms with Crippen LogP contribution in [0.4, 0.5) is 5.69 Å². The van der Waals surface area contributed by atoms with E-state index in [-0.39, 0.29) is 29.7 Å². The summed E-state index contributed by atoms with van der Waals surface area (Å²) >= 11 is 0. The van der Waals surface area contributed by atoms with E-state index in [0.29, 0.717) is 17.5 Å². The van der Waals surface area contributed by atoms with Gasteiger partial charge in [0.25, 0.3) is 5.91 Å². The number of fused-ring (bicyclic) bond motifs is 3. The first-order valence-electron chi connectivity index (χ1n) is 11.5. The summed E-state index contributed by atoms with van der Waals surface area (Å²) < 4.78 is 0. The van der Waals surface area contributed by atoms with Gasteiger partial charge in [-0.25, -0.2) is 0 Å². The standard InChI is InChI=1S/C25H31N3O7/c1-6-10-9-14(27(2)3)12-7-11-8-13-18(28(4)5)21(31)17(24(26)34)23(33)25(13,35)22(32)15(11)20(30)16(12)19(10)29/h9,11,13,18,29-30,33,35H,6-8H2,1-5H3,(H2,26,34). The second-order valence-corrected chi connectivity index (χ2v) is 9.97. The minimum atomic E-state index is -2.63. The first kappa shape index (κ1) is 24.7. The molecule has 4 unspecified atom stereocenters. The molecule has 0 bridgehead atoms. The van der Waals surface area contributed by atoms with Crippen LogP contribution in [0, 0.1) is 11.8 Å². The lowest BCUT2D eigenvalue weighted by Gasteiger charge is -2.50. The molecule has 1 aromatic rings. The van der Waals surface area contributed by atoms with Crippen LogP contribution in [0.3, 0.4) is 0 Å². The number of aliphatic hydroxyl groups is 3. The number of hydrogen-bond donors (Lipinski definition) is 5. The zero-order valence-electron chi connectivity index (χ0n) is 20.4.